The minimum atomic E-state index is -0.0397. The Labute approximate surface area is 113 Å². The minimum absolute atomic E-state index is 0.0397. The summed E-state index contributed by atoms with van der Waals surface area (Å²) in [5.74, 6) is 2.48. The first-order chi connectivity index (χ1) is 9.17. The average Bonchev–Trinajstić information content (AvgIpc) is 2.43. The zero-order valence-electron chi connectivity index (χ0n) is 11.2. The Balaban J connectivity index is 2.55. The van der Waals surface area contributed by atoms with Crippen LogP contribution in [0.25, 0.3) is 10.9 Å². The van der Waals surface area contributed by atoms with Crippen LogP contribution in [0.15, 0.2) is 30.3 Å². The number of terminal acetylenes is 1. The lowest BCUT2D eigenvalue weighted by atomic mass is 10.1. The number of hydrogen-bond acceptors (Lipinski definition) is 2. The van der Waals surface area contributed by atoms with Crippen LogP contribution in [0.2, 0.25) is 0 Å². The third-order valence-electron chi connectivity index (χ3n) is 3.03. The molecule has 2 rings (SSSR count). The number of rotatable bonds is 3. The quantitative estimate of drug-likeness (QED) is 0.787. The van der Waals surface area contributed by atoms with Crippen molar-refractivity contribution in [2.24, 2.45) is 0 Å². The summed E-state index contributed by atoms with van der Waals surface area (Å²) in [4.78, 5) is 18.6. The highest BCUT2D eigenvalue weighted by Crippen LogP contribution is 2.19. The highest BCUT2D eigenvalue weighted by atomic mass is 16.2. The van der Waals surface area contributed by atoms with Gasteiger partial charge in [0.25, 0.3) is 5.91 Å². The van der Waals surface area contributed by atoms with E-state index >= 15 is 0 Å². The van der Waals surface area contributed by atoms with Gasteiger partial charge in [-0.1, -0.05) is 24.1 Å². The molecule has 0 radical (unpaired) electrons. The Morgan fingerprint density at radius 3 is 2.84 bits per heavy atom. The monoisotopic (exact) mass is 252 g/mol. The normalized spacial score (nSPS) is 10.2. The second-order valence-electron chi connectivity index (χ2n) is 4.35. The molecule has 0 unspecified atom stereocenters. The van der Waals surface area contributed by atoms with E-state index < -0.39 is 0 Å². The van der Waals surface area contributed by atoms with Gasteiger partial charge in [-0.3, -0.25) is 9.78 Å². The van der Waals surface area contributed by atoms with Gasteiger partial charge in [-0.2, -0.15) is 0 Å². The second-order valence-corrected chi connectivity index (χ2v) is 4.35. The van der Waals surface area contributed by atoms with E-state index in [1.165, 1.54) is 0 Å². The zero-order valence-corrected chi connectivity index (χ0v) is 11.2. The molecule has 1 heterocycles. The summed E-state index contributed by atoms with van der Waals surface area (Å²) in [6.07, 6.45) is 5.31. The van der Waals surface area contributed by atoms with Gasteiger partial charge < -0.3 is 4.90 Å². The predicted molar refractivity (Wildman–Crippen MR) is 76.9 cm³/mol. The second kappa shape index (κ2) is 5.53. The molecule has 0 aliphatic heterocycles. The van der Waals surface area contributed by atoms with Gasteiger partial charge in [-0.25, -0.2) is 0 Å². The molecule has 2 aromatic rings. The standard InChI is InChI=1S/C16H16N2O/c1-4-10-18(5-2)16(19)14-11-12(3)17-15-9-7-6-8-13(14)15/h1,6-9,11H,5,10H2,2-3H3. The van der Waals surface area contributed by atoms with Crippen LogP contribution >= 0.6 is 0 Å². The van der Waals surface area contributed by atoms with Crippen molar-refractivity contribution in [2.45, 2.75) is 13.8 Å². The third-order valence-corrected chi connectivity index (χ3v) is 3.03. The first kappa shape index (κ1) is 13.1. The van der Waals surface area contributed by atoms with Gasteiger partial charge in [-0.05, 0) is 26.0 Å². The molecule has 1 amide bonds. The van der Waals surface area contributed by atoms with E-state index in [0.717, 1.165) is 16.6 Å². The number of carbonyl (C=O) groups is 1. The van der Waals surface area contributed by atoms with E-state index in [4.69, 9.17) is 6.42 Å². The number of aromatic nitrogens is 1. The van der Waals surface area contributed by atoms with Crippen LogP contribution in [0, 0.1) is 19.3 Å². The molecular formula is C16H16N2O. The van der Waals surface area contributed by atoms with Gasteiger partial charge in [0.1, 0.15) is 0 Å². The van der Waals surface area contributed by atoms with Crippen molar-refractivity contribution in [3.8, 4) is 12.3 Å². The molecule has 0 aliphatic rings. The molecule has 0 aliphatic carbocycles. The number of aryl methyl sites for hydroxylation is 1. The first-order valence-electron chi connectivity index (χ1n) is 6.26. The van der Waals surface area contributed by atoms with Crippen LogP contribution in [0.1, 0.15) is 23.0 Å². The van der Waals surface area contributed by atoms with Gasteiger partial charge >= 0.3 is 0 Å². The summed E-state index contributed by atoms with van der Waals surface area (Å²) in [5, 5.41) is 0.869. The number of benzene rings is 1. The van der Waals surface area contributed by atoms with Crippen LogP contribution in [0.4, 0.5) is 0 Å². The van der Waals surface area contributed by atoms with Gasteiger partial charge in [0, 0.05) is 17.6 Å². The van der Waals surface area contributed by atoms with E-state index in [1.807, 2.05) is 44.2 Å². The summed E-state index contributed by atoms with van der Waals surface area (Å²) >= 11 is 0. The predicted octanol–water partition coefficient (Wildman–Crippen LogP) is 2.64. The van der Waals surface area contributed by atoms with E-state index in [9.17, 15) is 4.79 Å². The number of para-hydroxylation sites is 1. The van der Waals surface area contributed by atoms with Crippen LogP contribution in [0.5, 0.6) is 0 Å². The number of amides is 1. The highest BCUT2D eigenvalue weighted by Gasteiger charge is 2.16. The summed E-state index contributed by atoms with van der Waals surface area (Å²) in [7, 11) is 0. The lowest BCUT2D eigenvalue weighted by molar-refractivity contribution is 0.0786. The molecule has 0 N–H and O–H groups in total. The topological polar surface area (TPSA) is 33.2 Å². The Kier molecular flexibility index (Phi) is 3.82. The maximum atomic E-state index is 12.5. The van der Waals surface area contributed by atoms with Crippen LogP contribution in [-0.2, 0) is 0 Å². The van der Waals surface area contributed by atoms with Gasteiger partial charge in [0.2, 0.25) is 0 Å². The smallest absolute Gasteiger partial charge is 0.255 e. The Bertz CT molecular complexity index is 655. The molecule has 0 atom stereocenters. The van der Waals surface area contributed by atoms with Crippen LogP contribution in [0.3, 0.4) is 0 Å². The molecule has 19 heavy (non-hydrogen) atoms. The maximum absolute atomic E-state index is 12.5. The average molecular weight is 252 g/mol. The van der Waals surface area contributed by atoms with Crippen molar-refractivity contribution in [3.05, 3.63) is 41.6 Å². The molecule has 0 saturated carbocycles. The highest BCUT2D eigenvalue weighted by molar-refractivity contribution is 6.06. The lowest BCUT2D eigenvalue weighted by Gasteiger charge is -2.19. The van der Waals surface area contributed by atoms with Gasteiger partial charge in [0.05, 0.1) is 17.6 Å². The molecule has 0 bridgehead atoms. The molecule has 0 spiro atoms. The SMILES string of the molecule is C#CCN(CC)C(=O)c1cc(C)nc2ccccc12. The van der Waals surface area contributed by atoms with Crippen molar-refractivity contribution in [1.82, 2.24) is 9.88 Å². The molecule has 3 heteroatoms. The summed E-state index contributed by atoms with van der Waals surface area (Å²) in [6.45, 7) is 4.73. The molecule has 0 fully saturated rings. The molecule has 1 aromatic heterocycles. The van der Waals surface area contributed by atoms with Crippen molar-refractivity contribution in [1.29, 1.82) is 0 Å². The number of fused-ring (bicyclic) bond motifs is 1. The maximum Gasteiger partial charge on any atom is 0.255 e. The molecule has 96 valence electrons. The number of nitrogens with zero attached hydrogens (tertiary/aromatic N) is 2. The third kappa shape index (κ3) is 2.58. The molecule has 3 nitrogen and oxygen atoms in total. The van der Waals surface area contributed by atoms with Gasteiger partial charge in [-0.15, -0.1) is 6.42 Å². The van der Waals surface area contributed by atoms with E-state index in [0.29, 0.717) is 18.7 Å². The number of pyridine rings is 1. The molecule has 0 saturated heterocycles. The fraction of sp³-hybridized carbons (Fsp3) is 0.250. The van der Waals surface area contributed by atoms with Crippen molar-refractivity contribution >= 4 is 16.8 Å². The summed E-state index contributed by atoms with van der Waals surface area (Å²) in [5.41, 5.74) is 2.33. The fourth-order valence-corrected chi connectivity index (χ4v) is 2.09. The van der Waals surface area contributed by atoms with E-state index in [-0.39, 0.29) is 5.91 Å². The summed E-state index contributed by atoms with van der Waals surface area (Å²) in [6, 6.07) is 9.48. The molecule has 1 aromatic carbocycles. The van der Waals surface area contributed by atoms with E-state index in [2.05, 4.69) is 10.9 Å². The fourth-order valence-electron chi connectivity index (χ4n) is 2.09. The number of carbonyl (C=O) groups excluding carboxylic acids is 1. The zero-order chi connectivity index (χ0) is 13.8. The summed E-state index contributed by atoms with van der Waals surface area (Å²) < 4.78 is 0. The van der Waals surface area contributed by atoms with Gasteiger partial charge in [0.15, 0.2) is 0 Å². The lowest BCUT2D eigenvalue weighted by Crippen LogP contribution is -2.31. The Morgan fingerprint density at radius 1 is 1.42 bits per heavy atom. The largest absolute Gasteiger partial charge is 0.328 e. The Morgan fingerprint density at radius 2 is 2.16 bits per heavy atom. The van der Waals surface area contributed by atoms with E-state index in [1.54, 1.807) is 4.90 Å². The first-order valence-corrected chi connectivity index (χ1v) is 6.26. The Hall–Kier alpha value is -2.34. The van der Waals surface area contributed by atoms with Crippen molar-refractivity contribution < 1.29 is 4.79 Å². The minimum Gasteiger partial charge on any atom is -0.328 e. The van der Waals surface area contributed by atoms with Crippen molar-refractivity contribution in [3.63, 3.8) is 0 Å². The van der Waals surface area contributed by atoms with Crippen LogP contribution in [-0.4, -0.2) is 28.9 Å². The molecular weight excluding hydrogens is 236 g/mol. The number of hydrogen-bond donors (Lipinski definition) is 0. The van der Waals surface area contributed by atoms with Crippen molar-refractivity contribution in [2.75, 3.05) is 13.1 Å². The van der Waals surface area contributed by atoms with Crippen LogP contribution < -0.4 is 0 Å².